The van der Waals surface area contributed by atoms with Gasteiger partial charge < -0.3 is 4.74 Å². The standard InChI is InChI=1S/C22H16Br2N2O3/c1-14-4-2-6-16(10-14)22(28)29-20-9-8-19(24)12-17(20)13-25-26-21(27)15-5-3-7-18(23)11-15/h2-13H,1H3,(H,26,27)/b25-13-. The molecule has 0 atom stereocenters. The normalized spacial score (nSPS) is 10.7. The molecule has 1 N–H and O–H groups in total. The predicted molar refractivity (Wildman–Crippen MR) is 119 cm³/mol. The Balaban J connectivity index is 1.75. The van der Waals surface area contributed by atoms with Gasteiger partial charge in [0.05, 0.1) is 11.8 Å². The summed E-state index contributed by atoms with van der Waals surface area (Å²) < 4.78 is 7.11. The Hall–Kier alpha value is -2.77. The number of carbonyl (C=O) groups is 2. The van der Waals surface area contributed by atoms with Gasteiger partial charge in [0.1, 0.15) is 5.75 Å². The number of hydrogen-bond acceptors (Lipinski definition) is 4. The zero-order valence-electron chi connectivity index (χ0n) is 15.4. The summed E-state index contributed by atoms with van der Waals surface area (Å²) in [7, 11) is 0. The molecule has 0 bridgehead atoms. The van der Waals surface area contributed by atoms with Crippen LogP contribution in [-0.2, 0) is 0 Å². The molecule has 1 amide bonds. The van der Waals surface area contributed by atoms with Crippen LogP contribution in [0.4, 0.5) is 0 Å². The molecule has 0 aliphatic rings. The van der Waals surface area contributed by atoms with Crippen LogP contribution in [0.5, 0.6) is 5.75 Å². The molecule has 5 nitrogen and oxygen atoms in total. The van der Waals surface area contributed by atoms with E-state index in [2.05, 4.69) is 42.4 Å². The van der Waals surface area contributed by atoms with E-state index in [0.717, 1.165) is 14.5 Å². The summed E-state index contributed by atoms with van der Waals surface area (Å²) in [5.74, 6) is -0.486. The maximum Gasteiger partial charge on any atom is 0.343 e. The number of carbonyl (C=O) groups excluding carboxylic acids is 2. The van der Waals surface area contributed by atoms with Gasteiger partial charge in [-0.25, -0.2) is 10.2 Å². The van der Waals surface area contributed by atoms with Gasteiger partial charge >= 0.3 is 5.97 Å². The molecule has 29 heavy (non-hydrogen) atoms. The summed E-state index contributed by atoms with van der Waals surface area (Å²) in [6, 6.07) is 19.3. The average Bonchev–Trinajstić information content (AvgIpc) is 2.69. The van der Waals surface area contributed by atoms with Crippen molar-refractivity contribution in [3.8, 4) is 5.75 Å². The molecule has 7 heteroatoms. The number of nitrogens with zero attached hydrogens (tertiary/aromatic N) is 1. The number of aryl methyl sites for hydroxylation is 1. The van der Waals surface area contributed by atoms with Crippen LogP contribution in [-0.4, -0.2) is 18.1 Å². The Morgan fingerprint density at radius 1 is 0.931 bits per heavy atom. The van der Waals surface area contributed by atoms with Gasteiger partial charge in [-0.3, -0.25) is 4.79 Å². The van der Waals surface area contributed by atoms with Crippen molar-refractivity contribution in [1.82, 2.24) is 5.43 Å². The van der Waals surface area contributed by atoms with Crippen LogP contribution in [0, 0.1) is 6.92 Å². The largest absolute Gasteiger partial charge is 0.422 e. The maximum atomic E-state index is 12.4. The highest BCUT2D eigenvalue weighted by Crippen LogP contribution is 2.23. The third-order valence-corrected chi connectivity index (χ3v) is 4.87. The first-order chi connectivity index (χ1) is 13.9. The molecule has 0 saturated carbocycles. The van der Waals surface area contributed by atoms with Crippen molar-refractivity contribution in [3.05, 3.63) is 97.9 Å². The molecule has 0 aliphatic carbocycles. The van der Waals surface area contributed by atoms with Gasteiger partial charge in [0.15, 0.2) is 0 Å². The van der Waals surface area contributed by atoms with E-state index in [1.807, 2.05) is 19.1 Å². The zero-order chi connectivity index (χ0) is 20.8. The number of benzene rings is 3. The van der Waals surface area contributed by atoms with Gasteiger partial charge in [0.2, 0.25) is 0 Å². The molecule has 0 radical (unpaired) electrons. The number of esters is 1. The number of ether oxygens (including phenoxy) is 1. The molecule has 0 saturated heterocycles. The lowest BCUT2D eigenvalue weighted by molar-refractivity contribution is 0.0734. The molecule has 0 heterocycles. The van der Waals surface area contributed by atoms with Crippen LogP contribution in [0.25, 0.3) is 0 Å². The van der Waals surface area contributed by atoms with Gasteiger partial charge in [0, 0.05) is 20.1 Å². The van der Waals surface area contributed by atoms with Crippen molar-refractivity contribution < 1.29 is 14.3 Å². The number of halogens is 2. The number of amides is 1. The van der Waals surface area contributed by atoms with Crippen molar-refractivity contribution in [2.24, 2.45) is 5.10 Å². The van der Waals surface area contributed by atoms with Crippen molar-refractivity contribution in [2.45, 2.75) is 6.92 Å². The van der Waals surface area contributed by atoms with Crippen molar-refractivity contribution in [1.29, 1.82) is 0 Å². The molecule has 3 aromatic rings. The maximum absolute atomic E-state index is 12.4. The van der Waals surface area contributed by atoms with E-state index in [1.54, 1.807) is 54.6 Å². The van der Waals surface area contributed by atoms with E-state index in [0.29, 0.717) is 22.4 Å². The van der Waals surface area contributed by atoms with Crippen LogP contribution >= 0.6 is 31.9 Å². The first kappa shape index (κ1) is 21.0. The molecule has 0 fully saturated rings. The Bertz CT molecular complexity index is 1100. The molecule has 0 aliphatic heterocycles. The Labute approximate surface area is 185 Å². The summed E-state index contributed by atoms with van der Waals surface area (Å²) in [4.78, 5) is 24.6. The molecule has 0 spiro atoms. The minimum absolute atomic E-state index is 0.333. The van der Waals surface area contributed by atoms with E-state index >= 15 is 0 Å². The van der Waals surface area contributed by atoms with E-state index in [9.17, 15) is 9.59 Å². The fraction of sp³-hybridized carbons (Fsp3) is 0.0455. The Kier molecular flexibility index (Phi) is 6.95. The monoisotopic (exact) mass is 514 g/mol. The quantitative estimate of drug-likeness (QED) is 0.211. The fourth-order valence-electron chi connectivity index (χ4n) is 2.50. The third kappa shape index (κ3) is 5.85. The highest BCUT2D eigenvalue weighted by Gasteiger charge is 2.12. The number of hydrazone groups is 1. The van der Waals surface area contributed by atoms with Crippen molar-refractivity contribution >= 4 is 50.0 Å². The van der Waals surface area contributed by atoms with Crippen LogP contribution < -0.4 is 10.2 Å². The first-order valence-corrected chi connectivity index (χ1v) is 10.2. The fourth-order valence-corrected chi connectivity index (χ4v) is 3.28. The lowest BCUT2D eigenvalue weighted by atomic mass is 10.1. The summed E-state index contributed by atoms with van der Waals surface area (Å²) >= 11 is 6.72. The zero-order valence-corrected chi connectivity index (χ0v) is 18.5. The van der Waals surface area contributed by atoms with Crippen molar-refractivity contribution in [3.63, 3.8) is 0 Å². The lowest BCUT2D eigenvalue weighted by Crippen LogP contribution is -2.17. The highest BCUT2D eigenvalue weighted by molar-refractivity contribution is 9.10. The van der Waals surface area contributed by atoms with Gasteiger partial charge in [-0.05, 0) is 55.5 Å². The summed E-state index contributed by atoms with van der Waals surface area (Å²) in [6.07, 6.45) is 1.43. The predicted octanol–water partition coefficient (Wildman–Crippen LogP) is 5.50. The second-order valence-electron chi connectivity index (χ2n) is 6.15. The van der Waals surface area contributed by atoms with Crippen LogP contribution in [0.2, 0.25) is 0 Å². The molecule has 146 valence electrons. The Morgan fingerprint density at radius 2 is 1.66 bits per heavy atom. The second-order valence-corrected chi connectivity index (χ2v) is 7.98. The topological polar surface area (TPSA) is 67.8 Å². The SMILES string of the molecule is Cc1cccc(C(=O)Oc2ccc(Br)cc2/C=N\NC(=O)c2cccc(Br)c2)c1. The second kappa shape index (κ2) is 9.62. The van der Waals surface area contributed by atoms with Gasteiger partial charge in [-0.1, -0.05) is 55.6 Å². The first-order valence-electron chi connectivity index (χ1n) is 8.60. The molecule has 3 aromatic carbocycles. The molecule has 3 rings (SSSR count). The summed E-state index contributed by atoms with van der Waals surface area (Å²) in [5, 5.41) is 3.99. The Morgan fingerprint density at radius 3 is 2.41 bits per heavy atom. The molecular formula is C22H16Br2N2O3. The van der Waals surface area contributed by atoms with E-state index in [4.69, 9.17) is 4.74 Å². The number of hydrogen-bond donors (Lipinski definition) is 1. The number of nitrogens with one attached hydrogen (secondary N) is 1. The van der Waals surface area contributed by atoms with E-state index < -0.39 is 5.97 Å². The number of rotatable bonds is 5. The lowest BCUT2D eigenvalue weighted by Gasteiger charge is -2.08. The van der Waals surface area contributed by atoms with E-state index in [-0.39, 0.29) is 5.91 Å². The average molecular weight is 516 g/mol. The van der Waals surface area contributed by atoms with Crippen LogP contribution in [0.3, 0.4) is 0 Å². The van der Waals surface area contributed by atoms with Gasteiger partial charge in [-0.2, -0.15) is 5.10 Å². The van der Waals surface area contributed by atoms with Crippen LogP contribution in [0.1, 0.15) is 31.8 Å². The smallest absolute Gasteiger partial charge is 0.343 e. The minimum atomic E-state index is -0.469. The summed E-state index contributed by atoms with van der Waals surface area (Å²) in [6.45, 7) is 1.91. The molecular weight excluding hydrogens is 500 g/mol. The third-order valence-electron chi connectivity index (χ3n) is 3.88. The van der Waals surface area contributed by atoms with Gasteiger partial charge in [0.25, 0.3) is 5.91 Å². The van der Waals surface area contributed by atoms with Gasteiger partial charge in [-0.15, -0.1) is 0 Å². The van der Waals surface area contributed by atoms with Crippen molar-refractivity contribution in [2.75, 3.05) is 0 Å². The molecule has 0 unspecified atom stereocenters. The highest BCUT2D eigenvalue weighted by atomic mass is 79.9. The van der Waals surface area contributed by atoms with Crippen LogP contribution in [0.15, 0.2) is 80.8 Å². The summed E-state index contributed by atoms with van der Waals surface area (Å²) in [5.41, 5.74) is 4.90. The minimum Gasteiger partial charge on any atom is -0.422 e. The van der Waals surface area contributed by atoms with E-state index in [1.165, 1.54) is 6.21 Å². The molecule has 0 aromatic heterocycles.